The van der Waals surface area contributed by atoms with E-state index in [1.165, 1.54) is 0 Å². The van der Waals surface area contributed by atoms with Crippen LogP contribution in [-0.2, 0) is 10.0 Å². The van der Waals surface area contributed by atoms with Crippen LogP contribution in [0.3, 0.4) is 0 Å². The number of nitrogens with zero attached hydrogens (tertiary/aromatic N) is 1. The molecule has 22 heavy (non-hydrogen) atoms. The predicted molar refractivity (Wildman–Crippen MR) is 94.9 cm³/mol. The Morgan fingerprint density at radius 2 is 1.77 bits per heavy atom. The van der Waals surface area contributed by atoms with Gasteiger partial charge >= 0.3 is 0 Å². The van der Waals surface area contributed by atoms with E-state index in [-0.39, 0.29) is 24.8 Å². The highest BCUT2D eigenvalue weighted by atomic mass is 35.5. The lowest BCUT2D eigenvalue weighted by atomic mass is 10.1. The van der Waals surface area contributed by atoms with E-state index in [4.69, 9.17) is 0 Å². The summed E-state index contributed by atoms with van der Waals surface area (Å²) in [4.78, 5) is 2.61. The van der Waals surface area contributed by atoms with E-state index in [1.807, 2.05) is 19.9 Å². The summed E-state index contributed by atoms with van der Waals surface area (Å²) >= 11 is 0. The normalized spacial score (nSPS) is 15.7. The molecule has 1 aliphatic heterocycles. The van der Waals surface area contributed by atoms with Gasteiger partial charge in [-0.1, -0.05) is 6.07 Å². The fraction of sp³-hybridized carbons (Fsp3) is 0.571. The summed E-state index contributed by atoms with van der Waals surface area (Å²) < 4.78 is 27.1. The molecule has 0 amide bonds. The number of nitrogens with one attached hydrogen (secondary N) is 2. The van der Waals surface area contributed by atoms with Crippen molar-refractivity contribution >= 4 is 34.8 Å². The Hall–Kier alpha value is -0.370. The molecule has 0 saturated carbocycles. The number of rotatable bonds is 5. The van der Waals surface area contributed by atoms with Gasteiger partial charge in [-0.3, -0.25) is 4.90 Å². The van der Waals surface area contributed by atoms with Crippen molar-refractivity contribution < 1.29 is 8.42 Å². The van der Waals surface area contributed by atoms with E-state index in [0.29, 0.717) is 11.4 Å². The lowest BCUT2D eigenvalue weighted by Gasteiger charge is -2.27. The Balaban J connectivity index is 0.00000220. The van der Waals surface area contributed by atoms with Crippen LogP contribution in [0.25, 0.3) is 0 Å². The monoisotopic (exact) mass is 369 g/mol. The molecule has 0 atom stereocenters. The number of hydrogen-bond donors (Lipinski definition) is 2. The molecule has 0 aliphatic carbocycles. The first kappa shape index (κ1) is 21.6. The van der Waals surface area contributed by atoms with Gasteiger partial charge in [0.15, 0.2) is 0 Å². The van der Waals surface area contributed by atoms with Gasteiger partial charge in [-0.25, -0.2) is 13.1 Å². The van der Waals surface area contributed by atoms with E-state index < -0.39 is 10.0 Å². The molecule has 5 nitrogen and oxygen atoms in total. The number of halogens is 2. The van der Waals surface area contributed by atoms with Gasteiger partial charge in [-0.2, -0.15) is 0 Å². The van der Waals surface area contributed by atoms with E-state index in [9.17, 15) is 8.42 Å². The summed E-state index contributed by atoms with van der Waals surface area (Å²) in [6.45, 7) is 9.02. The number of benzene rings is 1. The van der Waals surface area contributed by atoms with Crippen LogP contribution < -0.4 is 10.0 Å². The molecule has 1 fully saturated rings. The van der Waals surface area contributed by atoms with Gasteiger partial charge in [0.05, 0.1) is 4.90 Å². The average Bonchev–Trinajstić information content (AvgIpc) is 2.43. The van der Waals surface area contributed by atoms with Crippen molar-refractivity contribution in [2.75, 3.05) is 39.3 Å². The van der Waals surface area contributed by atoms with Crippen LogP contribution in [0.15, 0.2) is 23.1 Å². The number of aryl methyl sites for hydroxylation is 2. The van der Waals surface area contributed by atoms with Crippen molar-refractivity contribution in [3.8, 4) is 0 Å². The third-order valence-corrected chi connectivity index (χ3v) is 5.18. The number of hydrogen-bond acceptors (Lipinski definition) is 4. The molecular weight excluding hydrogens is 345 g/mol. The van der Waals surface area contributed by atoms with Crippen molar-refractivity contribution in [2.45, 2.75) is 18.7 Å². The maximum atomic E-state index is 12.2. The van der Waals surface area contributed by atoms with E-state index in [1.54, 1.807) is 12.1 Å². The van der Waals surface area contributed by atoms with Crippen molar-refractivity contribution in [1.29, 1.82) is 0 Å². The van der Waals surface area contributed by atoms with Crippen molar-refractivity contribution in [3.05, 3.63) is 29.3 Å². The van der Waals surface area contributed by atoms with Gasteiger partial charge in [0.2, 0.25) is 10.0 Å². The maximum Gasteiger partial charge on any atom is 0.240 e. The highest BCUT2D eigenvalue weighted by molar-refractivity contribution is 7.89. The zero-order valence-electron chi connectivity index (χ0n) is 13.0. The van der Waals surface area contributed by atoms with Gasteiger partial charge in [0, 0.05) is 39.3 Å². The largest absolute Gasteiger partial charge is 0.314 e. The fourth-order valence-electron chi connectivity index (χ4n) is 2.24. The first-order valence-electron chi connectivity index (χ1n) is 6.99. The molecule has 2 rings (SSSR count). The van der Waals surface area contributed by atoms with Crippen LogP contribution in [0.5, 0.6) is 0 Å². The molecule has 0 bridgehead atoms. The van der Waals surface area contributed by atoms with Gasteiger partial charge in [-0.05, 0) is 37.1 Å². The fourth-order valence-corrected chi connectivity index (χ4v) is 3.34. The second kappa shape index (κ2) is 9.70. The third kappa shape index (κ3) is 6.02. The SMILES string of the molecule is Cc1ccc(S(=O)(=O)NCCN2CCNCC2)cc1C.Cl.Cl. The summed E-state index contributed by atoms with van der Waals surface area (Å²) in [5.41, 5.74) is 2.10. The summed E-state index contributed by atoms with van der Waals surface area (Å²) in [7, 11) is -3.39. The molecule has 1 aromatic rings. The first-order valence-corrected chi connectivity index (χ1v) is 8.47. The molecule has 1 aliphatic rings. The zero-order chi connectivity index (χ0) is 14.6. The molecule has 1 saturated heterocycles. The molecule has 0 radical (unpaired) electrons. The highest BCUT2D eigenvalue weighted by Gasteiger charge is 2.15. The van der Waals surface area contributed by atoms with Crippen LogP contribution in [0.4, 0.5) is 0 Å². The minimum absolute atomic E-state index is 0. The summed E-state index contributed by atoms with van der Waals surface area (Å²) in [6, 6.07) is 5.23. The minimum Gasteiger partial charge on any atom is -0.314 e. The third-order valence-electron chi connectivity index (χ3n) is 3.72. The maximum absolute atomic E-state index is 12.2. The van der Waals surface area contributed by atoms with Crippen molar-refractivity contribution in [2.24, 2.45) is 0 Å². The summed E-state index contributed by atoms with van der Waals surface area (Å²) in [6.07, 6.45) is 0. The average molecular weight is 370 g/mol. The topological polar surface area (TPSA) is 61.4 Å². The lowest BCUT2D eigenvalue weighted by molar-refractivity contribution is 0.245. The van der Waals surface area contributed by atoms with Crippen LogP contribution in [0.2, 0.25) is 0 Å². The molecule has 1 heterocycles. The van der Waals surface area contributed by atoms with Crippen molar-refractivity contribution in [1.82, 2.24) is 14.9 Å². The van der Waals surface area contributed by atoms with Crippen LogP contribution in [0, 0.1) is 13.8 Å². The minimum atomic E-state index is -3.39. The Bertz CT molecular complexity index is 561. The Morgan fingerprint density at radius 1 is 1.14 bits per heavy atom. The first-order chi connectivity index (χ1) is 9.49. The Kier molecular flexibility index (Phi) is 9.54. The molecule has 2 N–H and O–H groups in total. The molecule has 128 valence electrons. The van der Waals surface area contributed by atoms with Crippen molar-refractivity contribution in [3.63, 3.8) is 0 Å². The summed E-state index contributed by atoms with van der Waals surface area (Å²) in [5, 5.41) is 3.28. The molecule has 1 aromatic carbocycles. The van der Waals surface area contributed by atoms with Gasteiger partial charge in [0.1, 0.15) is 0 Å². The quantitative estimate of drug-likeness (QED) is 0.821. The second-order valence-electron chi connectivity index (χ2n) is 5.24. The van der Waals surface area contributed by atoms with Gasteiger partial charge in [-0.15, -0.1) is 24.8 Å². The molecule has 0 spiro atoms. The van der Waals surface area contributed by atoms with E-state index in [0.717, 1.165) is 43.9 Å². The zero-order valence-corrected chi connectivity index (χ0v) is 15.4. The van der Waals surface area contributed by atoms with E-state index in [2.05, 4.69) is 14.9 Å². The number of piperazine rings is 1. The summed E-state index contributed by atoms with van der Waals surface area (Å²) in [5.74, 6) is 0. The highest BCUT2D eigenvalue weighted by Crippen LogP contribution is 2.14. The molecule has 0 unspecified atom stereocenters. The van der Waals surface area contributed by atoms with E-state index >= 15 is 0 Å². The van der Waals surface area contributed by atoms with Crippen LogP contribution in [-0.4, -0.2) is 52.6 Å². The van der Waals surface area contributed by atoms with Crippen LogP contribution >= 0.6 is 24.8 Å². The van der Waals surface area contributed by atoms with Crippen LogP contribution in [0.1, 0.15) is 11.1 Å². The number of sulfonamides is 1. The standard InChI is InChI=1S/C14H23N3O2S.2ClH/c1-12-3-4-14(11-13(12)2)20(18,19)16-7-10-17-8-5-15-6-9-17;;/h3-4,11,15-16H,5-10H2,1-2H3;2*1H. The smallest absolute Gasteiger partial charge is 0.240 e. The molecule has 0 aromatic heterocycles. The van der Waals surface area contributed by atoms with Gasteiger partial charge < -0.3 is 5.32 Å². The van der Waals surface area contributed by atoms with Gasteiger partial charge in [0.25, 0.3) is 0 Å². The lowest BCUT2D eigenvalue weighted by Crippen LogP contribution is -2.46. The Labute approximate surface area is 145 Å². The predicted octanol–water partition coefficient (Wildman–Crippen LogP) is 1.33. The second-order valence-corrected chi connectivity index (χ2v) is 7.00. The molecular formula is C14H25Cl2N3O2S. The Morgan fingerprint density at radius 3 is 2.36 bits per heavy atom. The molecule has 8 heteroatoms.